The number of ether oxygens (including phenoxy) is 1. The molecule has 0 unspecified atom stereocenters. The molecule has 1 amide bonds. The molecule has 5 nitrogen and oxygen atoms in total. The summed E-state index contributed by atoms with van der Waals surface area (Å²) in [5, 5.41) is 6.04. The van der Waals surface area contributed by atoms with E-state index in [1.165, 1.54) is 0 Å². The molecule has 0 atom stereocenters. The zero-order valence-corrected chi connectivity index (χ0v) is 14.5. The highest BCUT2D eigenvalue weighted by Crippen LogP contribution is 2.11. The van der Waals surface area contributed by atoms with Crippen molar-refractivity contribution in [3.8, 4) is 0 Å². The Morgan fingerprint density at radius 3 is 2.26 bits per heavy atom. The largest absolute Gasteiger partial charge is 0.462 e. The summed E-state index contributed by atoms with van der Waals surface area (Å²) in [5.41, 5.74) is 1.17. The monoisotopic (exact) mass is 320 g/mol. The van der Waals surface area contributed by atoms with Crippen LogP contribution in [0.15, 0.2) is 24.3 Å². The summed E-state index contributed by atoms with van der Waals surface area (Å²) < 4.78 is 5.16. The first kappa shape index (κ1) is 19.2. The van der Waals surface area contributed by atoms with Gasteiger partial charge in [0.15, 0.2) is 0 Å². The molecule has 0 saturated carbocycles. The van der Waals surface area contributed by atoms with Crippen LogP contribution in [0.3, 0.4) is 0 Å². The van der Waals surface area contributed by atoms with E-state index in [2.05, 4.69) is 24.5 Å². The molecule has 23 heavy (non-hydrogen) atoms. The molecule has 0 aliphatic heterocycles. The third-order valence-electron chi connectivity index (χ3n) is 3.03. The molecule has 0 heterocycles. The lowest BCUT2D eigenvalue weighted by Crippen LogP contribution is -2.24. The van der Waals surface area contributed by atoms with Gasteiger partial charge in [-0.15, -0.1) is 0 Å². The predicted octanol–water partition coefficient (Wildman–Crippen LogP) is 3.07. The Bertz CT molecular complexity index is 495. The molecule has 0 bridgehead atoms. The van der Waals surface area contributed by atoms with E-state index in [1.807, 2.05) is 13.8 Å². The number of nitrogens with one attached hydrogen (secondary N) is 2. The molecule has 0 aliphatic carbocycles. The van der Waals surface area contributed by atoms with E-state index in [-0.39, 0.29) is 11.9 Å². The zero-order chi connectivity index (χ0) is 17.2. The number of amides is 1. The Morgan fingerprint density at radius 1 is 1.04 bits per heavy atom. The second-order valence-corrected chi connectivity index (χ2v) is 6.47. The molecule has 0 radical (unpaired) electrons. The maximum Gasteiger partial charge on any atom is 0.338 e. The number of benzene rings is 1. The normalized spacial score (nSPS) is 10.9. The van der Waals surface area contributed by atoms with E-state index in [9.17, 15) is 9.59 Å². The first-order valence-corrected chi connectivity index (χ1v) is 8.16. The van der Waals surface area contributed by atoms with Crippen LogP contribution in [0.1, 0.15) is 44.5 Å². The van der Waals surface area contributed by atoms with Gasteiger partial charge in [-0.05, 0) is 42.6 Å². The Hall–Kier alpha value is -1.88. The van der Waals surface area contributed by atoms with Gasteiger partial charge in [0.05, 0.1) is 12.2 Å². The number of esters is 1. The summed E-state index contributed by atoms with van der Waals surface area (Å²) in [6, 6.07) is 6.75. The molecule has 0 fully saturated rings. The van der Waals surface area contributed by atoms with E-state index in [0.717, 1.165) is 6.54 Å². The minimum Gasteiger partial charge on any atom is -0.462 e. The Kier molecular flexibility index (Phi) is 8.33. The molecular weight excluding hydrogens is 292 g/mol. The number of carbonyl (C=O) groups excluding carboxylic acids is 2. The average Bonchev–Trinajstić information content (AvgIpc) is 2.49. The molecule has 1 rings (SSSR count). The summed E-state index contributed by atoms with van der Waals surface area (Å²) in [6.07, 6.45) is 0.422. The van der Waals surface area contributed by atoms with Gasteiger partial charge in [0.25, 0.3) is 0 Å². The Balaban J connectivity index is 2.38. The second kappa shape index (κ2) is 10.0. The SMILES string of the molecule is CC(C)CNCCC(=O)Nc1ccc(C(=O)OCC(C)C)cc1. The van der Waals surface area contributed by atoms with E-state index in [4.69, 9.17) is 4.74 Å². The van der Waals surface area contributed by atoms with Crippen LogP contribution in [0, 0.1) is 11.8 Å². The van der Waals surface area contributed by atoms with E-state index in [0.29, 0.717) is 42.7 Å². The molecule has 5 heteroatoms. The lowest BCUT2D eigenvalue weighted by molar-refractivity contribution is -0.116. The zero-order valence-electron chi connectivity index (χ0n) is 14.5. The summed E-state index contributed by atoms with van der Waals surface area (Å²) >= 11 is 0. The van der Waals surface area contributed by atoms with Crippen LogP contribution in [0.25, 0.3) is 0 Å². The van der Waals surface area contributed by atoms with Gasteiger partial charge in [0.2, 0.25) is 5.91 Å². The third kappa shape index (κ3) is 8.35. The van der Waals surface area contributed by atoms with Crippen molar-refractivity contribution in [1.29, 1.82) is 0 Å². The van der Waals surface area contributed by atoms with Crippen LogP contribution in [-0.2, 0) is 9.53 Å². The molecule has 0 saturated heterocycles. The first-order valence-electron chi connectivity index (χ1n) is 8.16. The number of hydrogen-bond donors (Lipinski definition) is 2. The van der Waals surface area contributed by atoms with Gasteiger partial charge in [-0.3, -0.25) is 4.79 Å². The minimum atomic E-state index is -0.338. The van der Waals surface area contributed by atoms with Crippen LogP contribution >= 0.6 is 0 Å². The van der Waals surface area contributed by atoms with Crippen molar-refractivity contribution < 1.29 is 14.3 Å². The van der Waals surface area contributed by atoms with Crippen molar-refractivity contribution in [3.05, 3.63) is 29.8 Å². The van der Waals surface area contributed by atoms with Gasteiger partial charge < -0.3 is 15.4 Å². The van der Waals surface area contributed by atoms with Gasteiger partial charge in [-0.25, -0.2) is 4.79 Å². The molecular formula is C18H28N2O3. The number of rotatable bonds is 9. The molecule has 0 aliphatic rings. The molecule has 1 aromatic rings. The standard InChI is InChI=1S/C18H28N2O3/c1-13(2)11-19-10-9-17(21)20-16-7-5-15(6-8-16)18(22)23-12-14(3)4/h5-8,13-14,19H,9-12H2,1-4H3,(H,20,21). The highest BCUT2D eigenvalue weighted by atomic mass is 16.5. The third-order valence-corrected chi connectivity index (χ3v) is 3.03. The molecule has 0 spiro atoms. The lowest BCUT2D eigenvalue weighted by Gasteiger charge is -2.09. The van der Waals surface area contributed by atoms with Crippen LogP contribution < -0.4 is 10.6 Å². The number of anilines is 1. The summed E-state index contributed by atoms with van der Waals surface area (Å²) in [4.78, 5) is 23.6. The summed E-state index contributed by atoms with van der Waals surface area (Å²) in [6.45, 7) is 10.2. The average molecular weight is 320 g/mol. The van der Waals surface area contributed by atoms with E-state index >= 15 is 0 Å². The van der Waals surface area contributed by atoms with Crippen LogP contribution in [0.4, 0.5) is 5.69 Å². The molecule has 1 aromatic carbocycles. The molecule has 2 N–H and O–H groups in total. The number of carbonyl (C=O) groups is 2. The van der Waals surface area contributed by atoms with Gasteiger partial charge in [-0.1, -0.05) is 27.7 Å². The van der Waals surface area contributed by atoms with Crippen molar-refractivity contribution in [2.45, 2.75) is 34.1 Å². The Labute approximate surface area is 138 Å². The predicted molar refractivity (Wildman–Crippen MR) is 92.5 cm³/mol. The van der Waals surface area contributed by atoms with Gasteiger partial charge in [0, 0.05) is 18.7 Å². The van der Waals surface area contributed by atoms with Gasteiger partial charge >= 0.3 is 5.97 Å². The fraction of sp³-hybridized carbons (Fsp3) is 0.556. The topological polar surface area (TPSA) is 67.4 Å². The fourth-order valence-corrected chi connectivity index (χ4v) is 1.83. The van der Waals surface area contributed by atoms with Gasteiger partial charge in [0.1, 0.15) is 0 Å². The summed E-state index contributed by atoms with van der Waals surface area (Å²) in [7, 11) is 0. The smallest absolute Gasteiger partial charge is 0.338 e. The van der Waals surface area contributed by atoms with Gasteiger partial charge in [-0.2, -0.15) is 0 Å². The molecule has 128 valence electrons. The van der Waals surface area contributed by atoms with Crippen molar-refractivity contribution in [2.75, 3.05) is 25.0 Å². The van der Waals surface area contributed by atoms with Crippen LogP contribution in [-0.4, -0.2) is 31.6 Å². The lowest BCUT2D eigenvalue weighted by atomic mass is 10.2. The maximum absolute atomic E-state index is 11.8. The van der Waals surface area contributed by atoms with Crippen molar-refractivity contribution >= 4 is 17.6 Å². The summed E-state index contributed by atoms with van der Waals surface area (Å²) in [5.74, 6) is 0.494. The van der Waals surface area contributed by atoms with Crippen LogP contribution in [0.2, 0.25) is 0 Å². The van der Waals surface area contributed by atoms with Crippen molar-refractivity contribution in [1.82, 2.24) is 5.32 Å². The second-order valence-electron chi connectivity index (χ2n) is 6.47. The van der Waals surface area contributed by atoms with Crippen molar-refractivity contribution in [2.24, 2.45) is 11.8 Å². The number of hydrogen-bond acceptors (Lipinski definition) is 4. The minimum absolute atomic E-state index is 0.0450. The van der Waals surface area contributed by atoms with E-state index < -0.39 is 0 Å². The van der Waals surface area contributed by atoms with E-state index in [1.54, 1.807) is 24.3 Å². The fourth-order valence-electron chi connectivity index (χ4n) is 1.83. The Morgan fingerprint density at radius 2 is 1.70 bits per heavy atom. The van der Waals surface area contributed by atoms with Crippen molar-refractivity contribution in [3.63, 3.8) is 0 Å². The quantitative estimate of drug-likeness (QED) is 0.542. The first-order chi connectivity index (χ1) is 10.9. The van der Waals surface area contributed by atoms with Crippen LogP contribution in [0.5, 0.6) is 0 Å². The maximum atomic E-state index is 11.8. The highest BCUT2D eigenvalue weighted by molar-refractivity contribution is 5.93. The highest BCUT2D eigenvalue weighted by Gasteiger charge is 2.09. The molecule has 0 aromatic heterocycles.